The number of allylic oxidation sites excluding steroid dienone is 1. The molecule has 0 radical (unpaired) electrons. The van der Waals surface area contributed by atoms with Crippen LogP contribution >= 0.6 is 0 Å². The molecule has 73 heavy (non-hydrogen) atoms. The van der Waals surface area contributed by atoms with E-state index in [2.05, 4.69) is 55.4 Å². The van der Waals surface area contributed by atoms with Gasteiger partial charge >= 0.3 is 5.97 Å². The van der Waals surface area contributed by atoms with E-state index in [1.807, 2.05) is 15.9 Å². The second-order valence-electron chi connectivity index (χ2n) is 22.5. The number of piperazine rings is 1. The zero-order chi connectivity index (χ0) is 52.9. The normalized spacial score (nSPS) is 13.2. The van der Waals surface area contributed by atoms with Crippen molar-refractivity contribution in [3.8, 4) is 0 Å². The van der Waals surface area contributed by atoms with Crippen LogP contribution in [0.3, 0.4) is 0 Å². The van der Waals surface area contributed by atoms with E-state index in [0.717, 1.165) is 71.2 Å². The highest BCUT2D eigenvalue weighted by Gasteiger charge is 2.26. The van der Waals surface area contributed by atoms with Crippen molar-refractivity contribution >= 4 is 17.8 Å². The van der Waals surface area contributed by atoms with Crippen LogP contribution in [0.2, 0.25) is 0 Å². The van der Waals surface area contributed by atoms with E-state index in [4.69, 9.17) is 4.74 Å². The van der Waals surface area contributed by atoms with E-state index in [9.17, 15) is 14.4 Å². The van der Waals surface area contributed by atoms with Crippen molar-refractivity contribution < 1.29 is 19.1 Å². The second-order valence-corrected chi connectivity index (χ2v) is 22.5. The lowest BCUT2D eigenvalue weighted by Crippen LogP contribution is -2.54. The molecular formula is C64H125N5O4. The molecule has 2 amide bonds. The molecule has 0 aromatic carbocycles. The summed E-state index contributed by atoms with van der Waals surface area (Å²) in [7, 11) is 0. The average Bonchev–Trinajstić information content (AvgIpc) is 3.39. The lowest BCUT2D eigenvalue weighted by molar-refractivity contribution is -0.142. The van der Waals surface area contributed by atoms with Crippen LogP contribution in [0.1, 0.15) is 291 Å². The quantitative estimate of drug-likeness (QED) is 0.0341. The fourth-order valence-electron chi connectivity index (χ4n) is 10.5. The van der Waals surface area contributed by atoms with Crippen molar-refractivity contribution in [2.75, 3.05) is 91.7 Å². The molecule has 1 rings (SSSR count). The van der Waals surface area contributed by atoms with Gasteiger partial charge < -0.3 is 19.4 Å². The molecule has 1 aliphatic heterocycles. The van der Waals surface area contributed by atoms with Gasteiger partial charge in [-0.2, -0.15) is 0 Å². The van der Waals surface area contributed by atoms with Crippen LogP contribution in [0.5, 0.6) is 0 Å². The van der Waals surface area contributed by atoms with Gasteiger partial charge in [0.15, 0.2) is 0 Å². The predicted octanol–water partition coefficient (Wildman–Crippen LogP) is 16.4. The minimum atomic E-state index is -0.114. The second kappa shape index (κ2) is 53.4. The Balaban J connectivity index is 2.80. The molecule has 0 bridgehead atoms. The van der Waals surface area contributed by atoms with E-state index in [0.29, 0.717) is 52.3 Å². The summed E-state index contributed by atoms with van der Waals surface area (Å²) >= 11 is 0. The molecule has 430 valence electrons. The van der Waals surface area contributed by atoms with Gasteiger partial charge in [-0.1, -0.05) is 252 Å². The van der Waals surface area contributed by atoms with Gasteiger partial charge in [0.2, 0.25) is 11.8 Å². The van der Waals surface area contributed by atoms with Crippen LogP contribution < -0.4 is 0 Å². The Hall–Kier alpha value is -1.97. The fourth-order valence-corrected chi connectivity index (χ4v) is 10.5. The largest absolute Gasteiger partial charge is 0.461 e. The SMILES string of the molecule is CCCC/C=C\COC(=O)CCCCCN(CCCCCCCCCCCCCC)CC(=O)N1CCN(C(=O)CN(CCCCCCCCC)CCN(CCCCCCCCC)CCCCCCCCC)CC1. The first-order valence-electron chi connectivity index (χ1n) is 32.4. The van der Waals surface area contributed by atoms with Gasteiger partial charge in [0.1, 0.15) is 6.61 Å². The Bertz CT molecular complexity index is 1220. The van der Waals surface area contributed by atoms with E-state index in [-0.39, 0.29) is 17.8 Å². The number of ether oxygens (including phenoxy) is 1. The van der Waals surface area contributed by atoms with Crippen LogP contribution in [0.4, 0.5) is 0 Å². The maximum Gasteiger partial charge on any atom is 0.306 e. The summed E-state index contributed by atoms with van der Waals surface area (Å²) in [5.74, 6) is 0.322. The van der Waals surface area contributed by atoms with Crippen molar-refractivity contribution in [1.82, 2.24) is 24.5 Å². The molecule has 0 N–H and O–H groups in total. The number of unbranched alkanes of at least 4 members (excludes halogenated alkanes) is 33. The molecule has 9 heteroatoms. The number of esters is 1. The summed E-state index contributed by atoms with van der Waals surface area (Å²) in [6, 6.07) is 0. The average molecular weight is 1030 g/mol. The highest BCUT2D eigenvalue weighted by Crippen LogP contribution is 2.16. The maximum absolute atomic E-state index is 14.1. The molecule has 0 aliphatic carbocycles. The first kappa shape index (κ1) is 69.0. The maximum atomic E-state index is 14.1. The van der Waals surface area contributed by atoms with Gasteiger partial charge in [-0.15, -0.1) is 0 Å². The molecular weight excluding hydrogens is 903 g/mol. The van der Waals surface area contributed by atoms with Gasteiger partial charge in [0, 0.05) is 45.7 Å². The molecule has 0 aromatic heterocycles. The summed E-state index contributed by atoms with van der Waals surface area (Å²) < 4.78 is 5.43. The Morgan fingerprint density at radius 1 is 0.342 bits per heavy atom. The van der Waals surface area contributed by atoms with Crippen LogP contribution in [-0.4, -0.2) is 134 Å². The number of amides is 2. The van der Waals surface area contributed by atoms with Crippen LogP contribution in [0.15, 0.2) is 12.2 Å². The van der Waals surface area contributed by atoms with E-state index < -0.39 is 0 Å². The monoisotopic (exact) mass is 1030 g/mol. The van der Waals surface area contributed by atoms with Gasteiger partial charge in [-0.25, -0.2) is 0 Å². The summed E-state index contributed by atoms with van der Waals surface area (Å²) in [5.41, 5.74) is 0. The lowest BCUT2D eigenvalue weighted by atomic mass is 10.1. The zero-order valence-electron chi connectivity index (χ0n) is 49.7. The molecule has 0 aromatic rings. The third-order valence-electron chi connectivity index (χ3n) is 15.6. The number of hydrogen-bond acceptors (Lipinski definition) is 7. The summed E-state index contributed by atoms with van der Waals surface area (Å²) in [4.78, 5) is 52.0. The first-order valence-corrected chi connectivity index (χ1v) is 32.4. The topological polar surface area (TPSA) is 76.6 Å². The zero-order valence-corrected chi connectivity index (χ0v) is 49.7. The summed E-state index contributed by atoms with van der Waals surface area (Å²) in [6.07, 6.45) is 54.4. The van der Waals surface area contributed by atoms with E-state index in [1.54, 1.807) is 0 Å². The molecule has 0 saturated carbocycles. The third-order valence-corrected chi connectivity index (χ3v) is 15.6. The van der Waals surface area contributed by atoms with E-state index in [1.165, 1.54) is 225 Å². The molecule has 0 unspecified atom stereocenters. The molecule has 0 atom stereocenters. The Morgan fingerprint density at radius 3 is 0.986 bits per heavy atom. The number of carbonyl (C=O) groups excluding carboxylic acids is 3. The molecule has 1 aliphatic rings. The van der Waals surface area contributed by atoms with Crippen molar-refractivity contribution in [3.05, 3.63) is 12.2 Å². The van der Waals surface area contributed by atoms with Crippen LogP contribution in [0.25, 0.3) is 0 Å². The van der Waals surface area contributed by atoms with Crippen LogP contribution in [-0.2, 0) is 19.1 Å². The van der Waals surface area contributed by atoms with Crippen molar-refractivity contribution in [2.45, 2.75) is 291 Å². The smallest absolute Gasteiger partial charge is 0.306 e. The number of carbonyl (C=O) groups is 3. The summed E-state index contributed by atoms with van der Waals surface area (Å²) in [5, 5.41) is 0. The van der Waals surface area contributed by atoms with Crippen molar-refractivity contribution in [3.63, 3.8) is 0 Å². The molecule has 0 spiro atoms. The Labute approximate surface area is 454 Å². The molecule has 1 fully saturated rings. The van der Waals surface area contributed by atoms with Crippen molar-refractivity contribution in [2.24, 2.45) is 0 Å². The Kier molecular flexibility index (Phi) is 50.5. The molecule has 1 saturated heterocycles. The van der Waals surface area contributed by atoms with Gasteiger partial charge in [-0.3, -0.25) is 24.2 Å². The van der Waals surface area contributed by atoms with Gasteiger partial charge in [0.05, 0.1) is 13.1 Å². The number of rotatable bonds is 55. The Morgan fingerprint density at radius 2 is 0.630 bits per heavy atom. The highest BCUT2D eigenvalue weighted by atomic mass is 16.5. The number of hydrogen-bond donors (Lipinski definition) is 0. The third kappa shape index (κ3) is 43.8. The van der Waals surface area contributed by atoms with Crippen molar-refractivity contribution in [1.29, 1.82) is 0 Å². The van der Waals surface area contributed by atoms with E-state index >= 15 is 0 Å². The van der Waals surface area contributed by atoms with Gasteiger partial charge in [0.25, 0.3) is 0 Å². The van der Waals surface area contributed by atoms with Gasteiger partial charge in [-0.05, 0) is 77.7 Å². The molecule has 9 nitrogen and oxygen atoms in total. The predicted molar refractivity (Wildman–Crippen MR) is 316 cm³/mol. The minimum absolute atomic E-state index is 0.114. The standard InChI is InChI=1S/C64H125N5O4/c1-6-11-16-21-25-26-27-28-29-33-37-43-50-66(51-45-39-40-47-64(72)73-59-46-38-20-15-10-5)60-62(70)68-55-57-69(58-56-68)63(71)61-67(52-44-36-32-24-19-14-9-4)54-53-65(48-41-34-30-22-17-12-7-2)49-42-35-31-23-18-13-8-3/h38,46H,6-37,39-45,47-61H2,1-5H3/b46-38-. The minimum Gasteiger partial charge on any atom is -0.461 e. The summed E-state index contributed by atoms with van der Waals surface area (Å²) in [6.45, 7) is 22.4. The highest BCUT2D eigenvalue weighted by molar-refractivity contribution is 5.80. The fraction of sp³-hybridized carbons (Fsp3) is 0.922. The first-order chi connectivity index (χ1) is 35.9. The van der Waals surface area contributed by atoms with Crippen LogP contribution in [0, 0.1) is 0 Å². The number of nitrogens with zero attached hydrogens (tertiary/aromatic N) is 5. The molecule has 1 heterocycles. The lowest BCUT2D eigenvalue weighted by Gasteiger charge is -2.37.